The zero-order valence-corrected chi connectivity index (χ0v) is 18.0. The summed E-state index contributed by atoms with van der Waals surface area (Å²) in [7, 11) is 0. The topological polar surface area (TPSA) is 95.6 Å². The number of benzene rings is 2. The number of para-hydroxylation sites is 1. The summed E-state index contributed by atoms with van der Waals surface area (Å²) in [4.78, 5) is 34.7. The molecule has 1 atom stereocenters. The largest absolute Gasteiger partial charge is 0.325 e. The molecule has 158 valence electrons. The van der Waals surface area contributed by atoms with Crippen LogP contribution >= 0.6 is 11.8 Å². The highest BCUT2D eigenvalue weighted by Crippen LogP contribution is 2.32. The highest BCUT2D eigenvalue weighted by molar-refractivity contribution is 8.00. The summed E-state index contributed by atoms with van der Waals surface area (Å²) < 4.78 is 2.21. The van der Waals surface area contributed by atoms with E-state index in [0.717, 1.165) is 42.2 Å². The van der Waals surface area contributed by atoms with Gasteiger partial charge in [0.1, 0.15) is 0 Å². The monoisotopic (exact) mass is 433 g/mol. The molecule has 1 amide bonds. The second-order valence-electron chi connectivity index (χ2n) is 7.75. The third-order valence-corrected chi connectivity index (χ3v) is 6.60. The van der Waals surface area contributed by atoms with E-state index in [-0.39, 0.29) is 16.8 Å². The Bertz CT molecular complexity index is 1300. The number of aryl methyl sites for hydroxylation is 1. The molecule has 0 saturated heterocycles. The van der Waals surface area contributed by atoms with Crippen molar-refractivity contribution < 1.29 is 4.79 Å². The number of imidazole rings is 2. The van der Waals surface area contributed by atoms with Gasteiger partial charge in [-0.15, -0.1) is 0 Å². The lowest BCUT2D eigenvalue weighted by molar-refractivity contribution is -0.115. The van der Waals surface area contributed by atoms with E-state index in [2.05, 4.69) is 32.0 Å². The van der Waals surface area contributed by atoms with Crippen molar-refractivity contribution in [3.05, 3.63) is 70.4 Å². The first-order valence-corrected chi connectivity index (χ1v) is 11.3. The number of nitrogens with zero attached hydrogens (tertiary/aromatic N) is 2. The van der Waals surface area contributed by atoms with Crippen LogP contribution in [0.3, 0.4) is 0 Å². The molecule has 1 aliphatic rings. The second-order valence-corrected chi connectivity index (χ2v) is 9.06. The Morgan fingerprint density at radius 1 is 1.10 bits per heavy atom. The maximum absolute atomic E-state index is 12.9. The van der Waals surface area contributed by atoms with Crippen molar-refractivity contribution in [3.8, 4) is 5.69 Å². The Balaban J connectivity index is 1.39. The first-order chi connectivity index (χ1) is 15.1. The van der Waals surface area contributed by atoms with Gasteiger partial charge in [0.25, 0.3) is 0 Å². The van der Waals surface area contributed by atoms with Crippen LogP contribution in [-0.2, 0) is 17.6 Å². The van der Waals surface area contributed by atoms with Crippen LogP contribution in [0.1, 0.15) is 31.2 Å². The van der Waals surface area contributed by atoms with E-state index in [1.54, 1.807) is 18.2 Å². The molecule has 31 heavy (non-hydrogen) atoms. The van der Waals surface area contributed by atoms with Crippen LogP contribution in [0.5, 0.6) is 0 Å². The average molecular weight is 434 g/mol. The standard InChI is InChI=1S/C23H23N5O2S/c1-14(21(29)24-15-11-12-17-19(13-15)26-22(30)25-17)31-23-27-18-9-5-6-10-20(18)28(23)16-7-3-2-4-8-16/h2-4,7-8,11-14H,5-6,9-10H2,1H3,(H,24,29)(H2,25,26,30)/t14-/m1/s1. The molecule has 0 saturated carbocycles. The van der Waals surface area contributed by atoms with Gasteiger partial charge in [0.05, 0.1) is 22.0 Å². The zero-order chi connectivity index (χ0) is 21.4. The molecule has 0 spiro atoms. The predicted octanol–water partition coefficient (Wildman–Crippen LogP) is 4.04. The van der Waals surface area contributed by atoms with Crippen LogP contribution in [0.4, 0.5) is 5.69 Å². The molecule has 0 unspecified atom stereocenters. The molecule has 1 aliphatic carbocycles. The van der Waals surface area contributed by atoms with E-state index in [0.29, 0.717) is 16.7 Å². The fourth-order valence-electron chi connectivity index (χ4n) is 4.00. The molecule has 8 heteroatoms. The number of carbonyl (C=O) groups is 1. The van der Waals surface area contributed by atoms with Crippen molar-refractivity contribution in [2.45, 2.75) is 43.0 Å². The lowest BCUT2D eigenvalue weighted by Crippen LogP contribution is -2.23. The van der Waals surface area contributed by atoms with Crippen LogP contribution in [-0.4, -0.2) is 30.7 Å². The summed E-state index contributed by atoms with van der Waals surface area (Å²) in [5, 5.41) is 3.46. The fraction of sp³-hybridized carbons (Fsp3) is 0.261. The van der Waals surface area contributed by atoms with Gasteiger partial charge in [0, 0.05) is 17.1 Å². The molecule has 2 heterocycles. The molecular formula is C23H23N5O2S. The maximum Gasteiger partial charge on any atom is 0.323 e. The number of thioether (sulfide) groups is 1. The summed E-state index contributed by atoms with van der Waals surface area (Å²) in [6.07, 6.45) is 4.31. The lowest BCUT2D eigenvalue weighted by Gasteiger charge is -2.16. The normalized spacial score (nSPS) is 14.4. The van der Waals surface area contributed by atoms with E-state index in [1.807, 2.05) is 25.1 Å². The van der Waals surface area contributed by atoms with Gasteiger partial charge in [0.2, 0.25) is 5.91 Å². The number of anilines is 1. The third-order valence-electron chi connectivity index (χ3n) is 5.55. The SMILES string of the molecule is C[C@@H](Sc1nc2c(n1-c1ccccc1)CCCC2)C(=O)Nc1ccc2[nH]c(=O)[nH]c2c1. The van der Waals surface area contributed by atoms with Crippen LogP contribution in [0.25, 0.3) is 16.7 Å². The van der Waals surface area contributed by atoms with Crippen LogP contribution in [0.2, 0.25) is 0 Å². The number of carbonyl (C=O) groups excluding carboxylic acids is 1. The molecule has 0 radical (unpaired) electrons. The van der Waals surface area contributed by atoms with Gasteiger partial charge in [-0.3, -0.25) is 9.36 Å². The maximum atomic E-state index is 12.9. The van der Waals surface area contributed by atoms with E-state index in [1.165, 1.54) is 17.5 Å². The van der Waals surface area contributed by atoms with Crippen molar-refractivity contribution >= 4 is 34.4 Å². The van der Waals surface area contributed by atoms with Gasteiger partial charge in [-0.05, 0) is 62.9 Å². The van der Waals surface area contributed by atoms with Crippen LogP contribution in [0.15, 0.2) is 58.5 Å². The molecule has 2 aromatic heterocycles. The molecular weight excluding hydrogens is 410 g/mol. The molecule has 0 aliphatic heterocycles. The molecule has 4 aromatic rings. The van der Waals surface area contributed by atoms with Gasteiger partial charge in [0.15, 0.2) is 5.16 Å². The summed E-state index contributed by atoms with van der Waals surface area (Å²) in [6.45, 7) is 1.89. The van der Waals surface area contributed by atoms with Crippen molar-refractivity contribution in [2.24, 2.45) is 0 Å². The minimum atomic E-state index is -0.340. The number of nitrogens with one attached hydrogen (secondary N) is 3. The fourth-order valence-corrected chi connectivity index (χ4v) is 4.97. The minimum absolute atomic E-state index is 0.109. The van der Waals surface area contributed by atoms with Crippen molar-refractivity contribution in [3.63, 3.8) is 0 Å². The first-order valence-electron chi connectivity index (χ1n) is 10.4. The number of hydrogen-bond donors (Lipinski definition) is 3. The lowest BCUT2D eigenvalue weighted by atomic mass is 10.0. The Morgan fingerprint density at radius 3 is 2.71 bits per heavy atom. The highest BCUT2D eigenvalue weighted by Gasteiger charge is 2.24. The molecule has 3 N–H and O–H groups in total. The van der Waals surface area contributed by atoms with E-state index >= 15 is 0 Å². The van der Waals surface area contributed by atoms with Gasteiger partial charge < -0.3 is 15.3 Å². The van der Waals surface area contributed by atoms with Crippen LogP contribution in [0, 0.1) is 0 Å². The quantitative estimate of drug-likeness (QED) is 0.414. The molecule has 0 bridgehead atoms. The Hall–Kier alpha value is -3.26. The molecule has 5 rings (SSSR count). The molecule has 2 aromatic carbocycles. The first kappa shape index (κ1) is 19.7. The van der Waals surface area contributed by atoms with Crippen LogP contribution < -0.4 is 11.0 Å². The van der Waals surface area contributed by atoms with E-state index < -0.39 is 0 Å². The Labute approximate surface area is 183 Å². The number of fused-ring (bicyclic) bond motifs is 2. The molecule has 7 nitrogen and oxygen atoms in total. The number of amides is 1. The smallest absolute Gasteiger partial charge is 0.323 e. The second kappa shape index (κ2) is 8.11. The van der Waals surface area contributed by atoms with Gasteiger partial charge in [-0.2, -0.15) is 0 Å². The van der Waals surface area contributed by atoms with Crippen molar-refractivity contribution in [2.75, 3.05) is 5.32 Å². The average Bonchev–Trinajstić information content (AvgIpc) is 3.32. The van der Waals surface area contributed by atoms with E-state index in [4.69, 9.17) is 4.98 Å². The number of aromatic nitrogens is 4. The van der Waals surface area contributed by atoms with E-state index in [9.17, 15) is 9.59 Å². The van der Waals surface area contributed by atoms with Crippen molar-refractivity contribution in [1.82, 2.24) is 19.5 Å². The highest BCUT2D eigenvalue weighted by atomic mass is 32.2. The summed E-state index contributed by atoms with van der Waals surface area (Å²) in [6, 6.07) is 15.5. The number of rotatable bonds is 5. The molecule has 0 fully saturated rings. The van der Waals surface area contributed by atoms with Gasteiger partial charge >= 0.3 is 5.69 Å². The summed E-state index contributed by atoms with van der Waals surface area (Å²) in [5.74, 6) is -0.109. The number of aromatic amines is 2. The minimum Gasteiger partial charge on any atom is -0.325 e. The number of hydrogen-bond acceptors (Lipinski definition) is 4. The Kier molecular flexibility index (Phi) is 5.15. The van der Waals surface area contributed by atoms with Gasteiger partial charge in [-0.25, -0.2) is 9.78 Å². The zero-order valence-electron chi connectivity index (χ0n) is 17.1. The number of H-pyrrole nitrogens is 2. The predicted molar refractivity (Wildman–Crippen MR) is 123 cm³/mol. The summed E-state index contributed by atoms with van der Waals surface area (Å²) >= 11 is 1.47. The summed E-state index contributed by atoms with van der Waals surface area (Å²) in [5.41, 5.74) is 5.23. The van der Waals surface area contributed by atoms with Gasteiger partial charge in [-0.1, -0.05) is 30.0 Å². The van der Waals surface area contributed by atoms with Crippen molar-refractivity contribution in [1.29, 1.82) is 0 Å². The third kappa shape index (κ3) is 3.90. The Morgan fingerprint density at radius 2 is 1.87 bits per heavy atom.